The van der Waals surface area contributed by atoms with E-state index in [0.29, 0.717) is 15.1 Å². The molecule has 1 saturated heterocycles. The van der Waals surface area contributed by atoms with Crippen LogP contribution < -0.4 is 5.32 Å². The van der Waals surface area contributed by atoms with Gasteiger partial charge in [0.15, 0.2) is 5.17 Å². The Balaban J connectivity index is 1.81. The molecule has 21 heavy (non-hydrogen) atoms. The molecular weight excluding hydrogens is 306 g/mol. The lowest BCUT2D eigenvalue weighted by atomic mass is 10.3. The van der Waals surface area contributed by atoms with Gasteiger partial charge < -0.3 is 9.88 Å². The van der Waals surface area contributed by atoms with Gasteiger partial charge in [-0.15, -0.1) is 0 Å². The molecule has 106 valence electrons. The summed E-state index contributed by atoms with van der Waals surface area (Å²) in [5.74, 6) is -0.128. The molecule has 2 aromatic rings. The van der Waals surface area contributed by atoms with Crippen LogP contribution in [-0.4, -0.2) is 15.6 Å². The Morgan fingerprint density at radius 1 is 1.29 bits per heavy atom. The van der Waals surface area contributed by atoms with Crippen molar-refractivity contribution in [1.29, 1.82) is 0 Å². The highest BCUT2D eigenvalue weighted by Gasteiger charge is 2.23. The molecule has 2 heterocycles. The monoisotopic (exact) mass is 317 g/mol. The van der Waals surface area contributed by atoms with Crippen molar-refractivity contribution in [1.82, 2.24) is 9.88 Å². The number of nitrogens with zero attached hydrogens (tertiary/aromatic N) is 2. The highest BCUT2D eigenvalue weighted by molar-refractivity contribution is 8.18. The topological polar surface area (TPSA) is 46.4 Å². The Kier molecular flexibility index (Phi) is 3.86. The molecule has 1 aromatic carbocycles. The number of amidine groups is 1. The van der Waals surface area contributed by atoms with Crippen molar-refractivity contribution >= 4 is 46.2 Å². The van der Waals surface area contributed by atoms with Gasteiger partial charge in [0.2, 0.25) is 0 Å². The Labute approximate surface area is 131 Å². The van der Waals surface area contributed by atoms with Crippen LogP contribution in [0.5, 0.6) is 0 Å². The van der Waals surface area contributed by atoms with Gasteiger partial charge in [0.1, 0.15) is 0 Å². The molecular formula is C15H12ClN3OS. The van der Waals surface area contributed by atoms with Crippen LogP contribution in [0.4, 0.5) is 5.69 Å². The quantitative estimate of drug-likeness (QED) is 0.861. The van der Waals surface area contributed by atoms with Gasteiger partial charge >= 0.3 is 0 Å². The summed E-state index contributed by atoms with van der Waals surface area (Å²) in [6, 6.07) is 9.10. The molecule has 1 amide bonds. The number of hydrogen-bond acceptors (Lipinski definition) is 3. The van der Waals surface area contributed by atoms with Crippen LogP contribution >= 0.6 is 23.4 Å². The number of aryl methyl sites for hydroxylation is 1. The molecule has 0 spiro atoms. The minimum atomic E-state index is -0.128. The summed E-state index contributed by atoms with van der Waals surface area (Å²) < 4.78 is 1.94. The van der Waals surface area contributed by atoms with E-state index in [1.165, 1.54) is 11.8 Å². The number of hydrogen-bond donors (Lipinski definition) is 1. The molecule has 0 unspecified atom stereocenters. The fourth-order valence-electron chi connectivity index (χ4n) is 1.87. The number of aromatic nitrogens is 1. The summed E-state index contributed by atoms with van der Waals surface area (Å²) in [5, 5.41) is 3.99. The largest absolute Gasteiger partial charge is 0.357 e. The predicted octanol–water partition coefficient (Wildman–Crippen LogP) is 3.57. The summed E-state index contributed by atoms with van der Waals surface area (Å²) in [6.45, 7) is 0. The molecule has 0 saturated carbocycles. The van der Waals surface area contributed by atoms with Crippen LogP contribution in [0.3, 0.4) is 0 Å². The zero-order valence-electron chi connectivity index (χ0n) is 11.2. The van der Waals surface area contributed by atoms with Crippen molar-refractivity contribution in [3.63, 3.8) is 0 Å². The van der Waals surface area contributed by atoms with Crippen molar-refractivity contribution in [3.05, 3.63) is 58.2 Å². The van der Waals surface area contributed by atoms with E-state index in [4.69, 9.17) is 11.6 Å². The molecule has 0 atom stereocenters. The number of thioether (sulfide) groups is 1. The van der Waals surface area contributed by atoms with E-state index in [1.54, 1.807) is 24.3 Å². The maximum Gasteiger partial charge on any atom is 0.264 e. The fraction of sp³-hybridized carbons (Fsp3) is 0.0667. The normalized spacial score (nSPS) is 18.5. The number of carbonyl (C=O) groups is 1. The van der Waals surface area contributed by atoms with Crippen molar-refractivity contribution in [2.24, 2.45) is 12.0 Å². The van der Waals surface area contributed by atoms with Crippen LogP contribution in [-0.2, 0) is 11.8 Å². The van der Waals surface area contributed by atoms with Crippen molar-refractivity contribution in [2.45, 2.75) is 0 Å². The first-order valence-electron chi connectivity index (χ1n) is 6.27. The average Bonchev–Trinajstić information content (AvgIpc) is 3.00. The van der Waals surface area contributed by atoms with Gasteiger partial charge in [-0.2, -0.15) is 0 Å². The Morgan fingerprint density at radius 3 is 2.71 bits per heavy atom. The van der Waals surface area contributed by atoms with Gasteiger partial charge in [-0.05, 0) is 53.7 Å². The third kappa shape index (κ3) is 3.37. The van der Waals surface area contributed by atoms with Crippen LogP contribution in [0.25, 0.3) is 6.08 Å². The third-order valence-electron chi connectivity index (χ3n) is 2.86. The molecule has 4 nitrogen and oxygen atoms in total. The second-order valence-electron chi connectivity index (χ2n) is 4.57. The lowest BCUT2D eigenvalue weighted by molar-refractivity contribution is -0.115. The summed E-state index contributed by atoms with van der Waals surface area (Å²) in [7, 11) is 1.94. The number of nitrogens with one attached hydrogen (secondary N) is 1. The van der Waals surface area contributed by atoms with Crippen molar-refractivity contribution in [2.75, 3.05) is 0 Å². The Hall–Kier alpha value is -1.98. The number of benzene rings is 1. The molecule has 1 aliphatic rings. The van der Waals surface area contributed by atoms with E-state index in [0.717, 1.165) is 11.3 Å². The van der Waals surface area contributed by atoms with Crippen molar-refractivity contribution < 1.29 is 4.79 Å². The molecule has 1 N–H and O–H groups in total. The molecule has 1 aliphatic heterocycles. The van der Waals surface area contributed by atoms with E-state index < -0.39 is 0 Å². The maximum atomic E-state index is 11.9. The fourth-order valence-corrected chi connectivity index (χ4v) is 2.84. The first kappa shape index (κ1) is 14.0. The highest BCUT2D eigenvalue weighted by Crippen LogP contribution is 2.28. The van der Waals surface area contributed by atoms with Gasteiger partial charge in [0, 0.05) is 24.5 Å². The van der Waals surface area contributed by atoms with Gasteiger partial charge in [0.25, 0.3) is 5.91 Å². The van der Waals surface area contributed by atoms with E-state index in [2.05, 4.69) is 10.3 Å². The first-order chi connectivity index (χ1) is 10.1. The zero-order valence-corrected chi connectivity index (χ0v) is 12.8. The molecule has 0 bridgehead atoms. The second kappa shape index (κ2) is 5.79. The second-order valence-corrected chi connectivity index (χ2v) is 6.04. The van der Waals surface area contributed by atoms with Gasteiger partial charge in [-0.1, -0.05) is 11.6 Å². The number of amides is 1. The number of aliphatic imine (C=N–C) groups is 1. The lowest BCUT2D eigenvalue weighted by Gasteiger charge is -1.96. The predicted molar refractivity (Wildman–Crippen MR) is 87.7 cm³/mol. The first-order valence-corrected chi connectivity index (χ1v) is 7.47. The molecule has 1 aromatic heterocycles. The van der Waals surface area contributed by atoms with Gasteiger partial charge in [-0.25, -0.2) is 4.99 Å². The minimum absolute atomic E-state index is 0.128. The molecule has 0 radical (unpaired) electrons. The van der Waals surface area contributed by atoms with E-state index in [-0.39, 0.29) is 5.91 Å². The lowest BCUT2D eigenvalue weighted by Crippen LogP contribution is -2.19. The Morgan fingerprint density at radius 2 is 2.05 bits per heavy atom. The average molecular weight is 318 g/mol. The molecule has 6 heteroatoms. The summed E-state index contributed by atoms with van der Waals surface area (Å²) >= 11 is 7.16. The van der Waals surface area contributed by atoms with E-state index in [1.807, 2.05) is 36.2 Å². The Bertz CT molecular complexity index is 747. The number of rotatable bonds is 2. The smallest absolute Gasteiger partial charge is 0.264 e. The van der Waals surface area contributed by atoms with Gasteiger partial charge in [0.05, 0.1) is 10.6 Å². The van der Waals surface area contributed by atoms with Crippen LogP contribution in [0.2, 0.25) is 5.02 Å². The third-order valence-corrected chi connectivity index (χ3v) is 4.02. The summed E-state index contributed by atoms with van der Waals surface area (Å²) in [6.07, 6.45) is 5.74. The molecule has 0 aliphatic carbocycles. The van der Waals surface area contributed by atoms with Crippen LogP contribution in [0, 0.1) is 0 Å². The van der Waals surface area contributed by atoms with Crippen LogP contribution in [0.15, 0.2) is 52.6 Å². The molecule has 1 fully saturated rings. The molecule has 3 rings (SSSR count). The van der Waals surface area contributed by atoms with E-state index in [9.17, 15) is 4.79 Å². The number of carbonyl (C=O) groups excluding carboxylic acids is 1. The van der Waals surface area contributed by atoms with E-state index >= 15 is 0 Å². The van der Waals surface area contributed by atoms with Gasteiger partial charge in [-0.3, -0.25) is 4.79 Å². The summed E-state index contributed by atoms with van der Waals surface area (Å²) in [5.41, 5.74) is 1.74. The number of halogens is 1. The zero-order chi connectivity index (χ0) is 14.8. The minimum Gasteiger partial charge on any atom is -0.357 e. The van der Waals surface area contributed by atoms with Crippen molar-refractivity contribution in [3.8, 4) is 0 Å². The maximum absolute atomic E-state index is 11.9. The summed E-state index contributed by atoms with van der Waals surface area (Å²) in [4.78, 5) is 17.0. The van der Waals surface area contributed by atoms with Crippen LogP contribution in [0.1, 0.15) is 5.56 Å². The standard InChI is InChI=1S/C15H12ClN3OS/c1-19-7-6-10(9-19)8-13-14(20)18-15(21-13)17-12-4-2-11(16)3-5-12/h2-9H,1H3,(H,17,18,20)/b13-8+. The highest BCUT2D eigenvalue weighted by atomic mass is 35.5. The SMILES string of the molecule is Cn1ccc(/C=C2/SC(=Nc3ccc(Cl)cc3)NC2=O)c1.